The first-order valence-corrected chi connectivity index (χ1v) is 4.45. The summed E-state index contributed by atoms with van der Waals surface area (Å²) < 4.78 is 1.70. The Kier molecular flexibility index (Phi) is 2.39. The maximum atomic E-state index is 5.70. The third kappa shape index (κ3) is 1.71. The fraction of sp³-hybridized carbons (Fsp3) is 0. The van der Waals surface area contributed by atoms with Crippen LogP contribution >= 0.6 is 11.6 Å². The number of halogens is 1. The summed E-state index contributed by atoms with van der Waals surface area (Å²) in [6.45, 7) is 0. The zero-order chi connectivity index (χ0) is 9.97. The van der Waals surface area contributed by atoms with Crippen molar-refractivity contribution in [2.24, 2.45) is 5.84 Å². The van der Waals surface area contributed by atoms with Crippen molar-refractivity contribution >= 4 is 17.3 Å². The predicted molar refractivity (Wildman–Crippen MR) is 56.4 cm³/mol. The van der Waals surface area contributed by atoms with Gasteiger partial charge in [0.15, 0.2) is 5.15 Å². The predicted octanol–water partition coefficient (Wildman–Crippen LogP) is 1.81. The Labute approximate surface area is 86.3 Å². The van der Waals surface area contributed by atoms with E-state index in [-0.39, 0.29) is 0 Å². The quantitative estimate of drug-likeness (QED) is 0.585. The summed E-state index contributed by atoms with van der Waals surface area (Å²) in [6, 6.07) is 9.27. The number of nitrogens with one attached hydrogen (secondary N) is 1. The van der Waals surface area contributed by atoms with Gasteiger partial charge in [-0.25, -0.2) is 4.68 Å². The Balaban J connectivity index is 2.33. The minimum Gasteiger partial charge on any atom is -0.324 e. The summed E-state index contributed by atoms with van der Waals surface area (Å²) in [7, 11) is 0. The van der Waals surface area contributed by atoms with E-state index in [0.29, 0.717) is 5.15 Å². The number of rotatable bonds is 2. The van der Waals surface area contributed by atoms with Crippen molar-refractivity contribution in [3.8, 4) is 5.69 Å². The van der Waals surface area contributed by atoms with Crippen LogP contribution in [0.1, 0.15) is 0 Å². The van der Waals surface area contributed by atoms with Gasteiger partial charge in [0, 0.05) is 11.9 Å². The van der Waals surface area contributed by atoms with Crippen molar-refractivity contribution < 1.29 is 0 Å². The molecule has 72 valence electrons. The van der Waals surface area contributed by atoms with E-state index in [0.717, 1.165) is 11.4 Å². The number of nitrogens with zero attached hydrogens (tertiary/aromatic N) is 2. The molecule has 0 aliphatic carbocycles. The second kappa shape index (κ2) is 3.69. The normalized spacial score (nSPS) is 10.1. The van der Waals surface area contributed by atoms with Crippen molar-refractivity contribution in [2.75, 3.05) is 5.43 Å². The van der Waals surface area contributed by atoms with Gasteiger partial charge >= 0.3 is 0 Å². The summed E-state index contributed by atoms with van der Waals surface area (Å²) in [5, 5.41) is 4.54. The van der Waals surface area contributed by atoms with E-state index in [1.165, 1.54) is 0 Å². The molecule has 4 nitrogen and oxygen atoms in total. The zero-order valence-corrected chi connectivity index (χ0v) is 8.07. The van der Waals surface area contributed by atoms with Gasteiger partial charge in [0.2, 0.25) is 0 Å². The number of benzene rings is 1. The molecule has 0 unspecified atom stereocenters. The molecule has 0 atom stereocenters. The largest absolute Gasteiger partial charge is 0.324 e. The van der Waals surface area contributed by atoms with Crippen LogP contribution in [-0.4, -0.2) is 9.78 Å². The highest BCUT2D eigenvalue weighted by Gasteiger charge is 1.98. The molecule has 0 fully saturated rings. The molecule has 3 N–H and O–H groups in total. The molecule has 2 rings (SSSR count). The topological polar surface area (TPSA) is 55.9 Å². The number of hydrogen-bond acceptors (Lipinski definition) is 3. The Morgan fingerprint density at radius 3 is 2.43 bits per heavy atom. The summed E-state index contributed by atoms with van der Waals surface area (Å²) >= 11 is 5.70. The number of hydrogen-bond donors (Lipinski definition) is 2. The van der Waals surface area contributed by atoms with Crippen LogP contribution in [0.15, 0.2) is 36.5 Å². The van der Waals surface area contributed by atoms with Crippen LogP contribution in [0.2, 0.25) is 5.15 Å². The van der Waals surface area contributed by atoms with Crippen LogP contribution in [0.4, 0.5) is 5.69 Å². The lowest BCUT2D eigenvalue weighted by molar-refractivity contribution is 0.881. The van der Waals surface area contributed by atoms with Gasteiger partial charge in [-0.05, 0) is 30.3 Å². The van der Waals surface area contributed by atoms with Crippen LogP contribution in [-0.2, 0) is 0 Å². The summed E-state index contributed by atoms with van der Waals surface area (Å²) in [5.74, 6) is 5.25. The first kappa shape index (κ1) is 9.05. The van der Waals surface area contributed by atoms with Crippen molar-refractivity contribution in [1.82, 2.24) is 9.78 Å². The Morgan fingerprint density at radius 1 is 1.21 bits per heavy atom. The fourth-order valence-electron chi connectivity index (χ4n) is 1.16. The van der Waals surface area contributed by atoms with E-state index < -0.39 is 0 Å². The van der Waals surface area contributed by atoms with Gasteiger partial charge in [-0.1, -0.05) is 11.6 Å². The van der Waals surface area contributed by atoms with Gasteiger partial charge < -0.3 is 5.43 Å². The van der Waals surface area contributed by atoms with E-state index in [1.807, 2.05) is 24.3 Å². The van der Waals surface area contributed by atoms with Gasteiger partial charge in [0.25, 0.3) is 0 Å². The van der Waals surface area contributed by atoms with Crippen molar-refractivity contribution in [3.05, 3.63) is 41.7 Å². The van der Waals surface area contributed by atoms with Gasteiger partial charge in [-0.3, -0.25) is 5.84 Å². The highest BCUT2D eigenvalue weighted by Crippen LogP contribution is 2.13. The average molecular weight is 209 g/mol. The van der Waals surface area contributed by atoms with E-state index in [4.69, 9.17) is 17.4 Å². The maximum Gasteiger partial charge on any atom is 0.151 e. The van der Waals surface area contributed by atoms with Gasteiger partial charge in [0.05, 0.1) is 5.69 Å². The van der Waals surface area contributed by atoms with Crippen LogP contribution < -0.4 is 11.3 Å². The van der Waals surface area contributed by atoms with E-state index >= 15 is 0 Å². The molecular weight excluding hydrogens is 200 g/mol. The van der Waals surface area contributed by atoms with E-state index in [2.05, 4.69) is 10.5 Å². The Bertz CT molecular complexity index is 421. The molecule has 1 aromatic heterocycles. The lowest BCUT2D eigenvalue weighted by Crippen LogP contribution is -2.06. The lowest BCUT2D eigenvalue weighted by atomic mass is 10.3. The number of nitrogen functional groups attached to an aromatic ring is 1. The van der Waals surface area contributed by atoms with Crippen LogP contribution in [0, 0.1) is 0 Å². The zero-order valence-electron chi connectivity index (χ0n) is 7.31. The Hall–Kier alpha value is -1.52. The molecule has 0 aliphatic heterocycles. The van der Waals surface area contributed by atoms with Gasteiger partial charge in [-0.2, -0.15) is 5.10 Å². The minimum atomic E-state index is 0.478. The first-order valence-electron chi connectivity index (χ1n) is 4.08. The summed E-state index contributed by atoms with van der Waals surface area (Å²) in [4.78, 5) is 0. The number of anilines is 1. The molecule has 0 saturated heterocycles. The fourth-order valence-corrected chi connectivity index (χ4v) is 1.29. The molecule has 0 amide bonds. The second-order valence-electron chi connectivity index (χ2n) is 2.77. The van der Waals surface area contributed by atoms with Crippen LogP contribution in [0.5, 0.6) is 0 Å². The molecule has 0 bridgehead atoms. The summed E-state index contributed by atoms with van der Waals surface area (Å²) in [6.07, 6.45) is 1.80. The molecule has 5 heteroatoms. The monoisotopic (exact) mass is 208 g/mol. The molecule has 14 heavy (non-hydrogen) atoms. The van der Waals surface area contributed by atoms with E-state index in [9.17, 15) is 0 Å². The first-order chi connectivity index (χ1) is 6.79. The van der Waals surface area contributed by atoms with E-state index in [1.54, 1.807) is 16.9 Å². The molecule has 2 aromatic rings. The second-order valence-corrected chi connectivity index (χ2v) is 3.16. The van der Waals surface area contributed by atoms with Crippen LogP contribution in [0.3, 0.4) is 0 Å². The molecule has 0 saturated carbocycles. The van der Waals surface area contributed by atoms with Gasteiger partial charge in [0.1, 0.15) is 0 Å². The molecule has 0 radical (unpaired) electrons. The molecule has 0 aliphatic rings. The number of hydrazine groups is 1. The Morgan fingerprint density at radius 2 is 1.93 bits per heavy atom. The maximum absolute atomic E-state index is 5.70. The van der Waals surface area contributed by atoms with Gasteiger partial charge in [-0.15, -0.1) is 0 Å². The minimum absolute atomic E-state index is 0.478. The molecule has 1 aromatic carbocycles. The molecule has 1 heterocycles. The molecular formula is C9H9ClN4. The number of nitrogens with two attached hydrogens (primary N) is 1. The third-order valence-corrected chi connectivity index (χ3v) is 2.06. The lowest BCUT2D eigenvalue weighted by Gasteiger charge is -2.02. The standard InChI is InChI=1S/C9H9ClN4/c10-9-5-6-14(13-9)8-3-1-7(12-11)2-4-8/h1-6,12H,11H2. The third-order valence-electron chi connectivity index (χ3n) is 1.86. The van der Waals surface area contributed by atoms with Crippen molar-refractivity contribution in [2.45, 2.75) is 0 Å². The van der Waals surface area contributed by atoms with Crippen molar-refractivity contribution in [3.63, 3.8) is 0 Å². The average Bonchev–Trinajstić information content (AvgIpc) is 2.65. The number of aromatic nitrogens is 2. The molecule has 0 spiro atoms. The van der Waals surface area contributed by atoms with Crippen molar-refractivity contribution in [1.29, 1.82) is 0 Å². The smallest absolute Gasteiger partial charge is 0.151 e. The highest BCUT2D eigenvalue weighted by atomic mass is 35.5. The SMILES string of the molecule is NNc1ccc(-n2ccc(Cl)n2)cc1. The highest BCUT2D eigenvalue weighted by molar-refractivity contribution is 6.29. The van der Waals surface area contributed by atoms with Crippen LogP contribution in [0.25, 0.3) is 5.69 Å². The summed E-state index contributed by atoms with van der Waals surface area (Å²) in [5.41, 5.74) is 4.35.